The van der Waals surface area contributed by atoms with Crippen LogP contribution < -0.4 is 10.6 Å². The van der Waals surface area contributed by atoms with E-state index < -0.39 is 0 Å². The summed E-state index contributed by atoms with van der Waals surface area (Å²) in [5.41, 5.74) is 0.885. The number of nitrogens with zero attached hydrogens (tertiary/aromatic N) is 4. The van der Waals surface area contributed by atoms with Crippen LogP contribution in [-0.2, 0) is 0 Å². The van der Waals surface area contributed by atoms with Crippen molar-refractivity contribution in [3.63, 3.8) is 0 Å². The maximum absolute atomic E-state index is 12.5. The summed E-state index contributed by atoms with van der Waals surface area (Å²) in [5, 5.41) is 5.72. The second-order valence-electron chi connectivity index (χ2n) is 6.71. The van der Waals surface area contributed by atoms with Gasteiger partial charge in [0.05, 0.1) is 5.52 Å². The van der Waals surface area contributed by atoms with Crippen LogP contribution >= 0.6 is 0 Å². The minimum atomic E-state index is -0.280. The number of hydrogen-bond donors (Lipinski definition) is 2. The van der Waals surface area contributed by atoms with E-state index in [0.29, 0.717) is 18.6 Å². The minimum absolute atomic E-state index is 0.225. The first kappa shape index (κ1) is 19.9. The van der Waals surface area contributed by atoms with Gasteiger partial charge in [0.1, 0.15) is 0 Å². The number of fused-ring (bicyclic) bond motifs is 1. The molecule has 0 aromatic carbocycles. The first-order chi connectivity index (χ1) is 12.4. The van der Waals surface area contributed by atoms with E-state index in [-0.39, 0.29) is 23.3 Å². The van der Waals surface area contributed by atoms with Crippen molar-refractivity contribution in [3.05, 3.63) is 35.9 Å². The molecule has 0 saturated carbocycles. The summed E-state index contributed by atoms with van der Waals surface area (Å²) in [5.74, 6) is -0.331. The highest BCUT2D eigenvalue weighted by Crippen LogP contribution is 2.13. The Kier molecular flexibility index (Phi) is 7.11. The largest absolute Gasteiger partial charge is 0.349 e. The molecule has 0 aliphatic heterocycles. The van der Waals surface area contributed by atoms with E-state index in [0.717, 1.165) is 19.5 Å². The van der Waals surface area contributed by atoms with E-state index in [1.165, 1.54) is 0 Å². The van der Waals surface area contributed by atoms with Gasteiger partial charge in [-0.15, -0.1) is 0 Å². The Labute approximate surface area is 154 Å². The third-order valence-electron chi connectivity index (χ3n) is 3.88. The Morgan fingerprint density at radius 3 is 2.38 bits per heavy atom. The molecule has 2 amide bonds. The summed E-state index contributed by atoms with van der Waals surface area (Å²) in [7, 11) is 7.87. The van der Waals surface area contributed by atoms with Gasteiger partial charge in [-0.3, -0.25) is 14.0 Å². The van der Waals surface area contributed by atoms with Gasteiger partial charge in [0.25, 0.3) is 11.8 Å². The zero-order chi connectivity index (χ0) is 19.1. The van der Waals surface area contributed by atoms with Crippen LogP contribution in [0.2, 0.25) is 0 Å². The minimum Gasteiger partial charge on any atom is -0.349 e. The number of imidazole rings is 1. The van der Waals surface area contributed by atoms with Crippen LogP contribution in [0, 0.1) is 0 Å². The maximum Gasteiger partial charge on any atom is 0.287 e. The summed E-state index contributed by atoms with van der Waals surface area (Å²) in [6.07, 6.45) is 2.59. The molecule has 8 heteroatoms. The van der Waals surface area contributed by atoms with Crippen LogP contribution in [0.4, 0.5) is 0 Å². The highest BCUT2D eigenvalue weighted by Gasteiger charge is 2.21. The molecule has 2 N–H and O–H groups in total. The van der Waals surface area contributed by atoms with E-state index in [1.54, 1.807) is 16.7 Å². The van der Waals surface area contributed by atoms with Crippen molar-refractivity contribution in [3.8, 4) is 0 Å². The van der Waals surface area contributed by atoms with Gasteiger partial charge in [0.2, 0.25) is 5.82 Å². The second kappa shape index (κ2) is 9.30. The lowest BCUT2D eigenvalue weighted by molar-refractivity contribution is 0.0941. The van der Waals surface area contributed by atoms with Crippen molar-refractivity contribution in [2.75, 3.05) is 54.4 Å². The van der Waals surface area contributed by atoms with Gasteiger partial charge in [-0.1, -0.05) is 6.07 Å². The molecule has 142 valence electrons. The maximum atomic E-state index is 12.5. The summed E-state index contributed by atoms with van der Waals surface area (Å²) >= 11 is 0. The highest BCUT2D eigenvalue weighted by molar-refractivity contribution is 6.02. The number of carbonyl (C=O) groups excluding carboxylic acids is 2. The number of amides is 2. The van der Waals surface area contributed by atoms with Gasteiger partial charge in [-0.2, -0.15) is 0 Å². The van der Waals surface area contributed by atoms with Crippen LogP contribution in [-0.4, -0.2) is 85.4 Å². The Bertz CT molecular complexity index is 753. The van der Waals surface area contributed by atoms with Crippen molar-refractivity contribution >= 4 is 17.3 Å². The third-order valence-corrected chi connectivity index (χ3v) is 3.88. The lowest BCUT2D eigenvalue weighted by Gasteiger charge is -2.09. The van der Waals surface area contributed by atoms with Gasteiger partial charge in [-0.05, 0) is 53.3 Å². The molecule has 26 heavy (non-hydrogen) atoms. The Morgan fingerprint density at radius 1 is 1.00 bits per heavy atom. The lowest BCUT2D eigenvalue weighted by atomic mass is 10.3. The first-order valence-corrected chi connectivity index (χ1v) is 8.73. The summed E-state index contributed by atoms with van der Waals surface area (Å²) in [4.78, 5) is 33.3. The molecule has 2 aromatic rings. The number of hydrogen-bond acceptors (Lipinski definition) is 5. The van der Waals surface area contributed by atoms with E-state index in [4.69, 9.17) is 0 Å². The Hall–Kier alpha value is -2.45. The molecule has 0 radical (unpaired) electrons. The SMILES string of the molecule is CN(C)CCCNC(=O)c1nc(C(=O)NCCN(C)C)c2ccccn12. The third kappa shape index (κ3) is 5.27. The Balaban J connectivity index is 2.12. The monoisotopic (exact) mass is 360 g/mol. The molecular weight excluding hydrogens is 332 g/mol. The number of rotatable bonds is 9. The summed E-state index contributed by atoms with van der Waals surface area (Å²) in [6.45, 7) is 2.70. The molecule has 0 aliphatic carbocycles. The fraction of sp³-hybridized carbons (Fsp3) is 0.500. The fourth-order valence-electron chi connectivity index (χ4n) is 2.52. The number of carbonyl (C=O) groups is 2. The van der Waals surface area contributed by atoms with E-state index >= 15 is 0 Å². The molecule has 0 unspecified atom stereocenters. The summed E-state index contributed by atoms with van der Waals surface area (Å²) in [6, 6.07) is 5.42. The molecule has 0 saturated heterocycles. The highest BCUT2D eigenvalue weighted by atomic mass is 16.2. The smallest absolute Gasteiger partial charge is 0.287 e. The van der Waals surface area contributed by atoms with Crippen molar-refractivity contribution in [2.24, 2.45) is 0 Å². The van der Waals surface area contributed by atoms with E-state index in [9.17, 15) is 9.59 Å². The molecule has 0 spiro atoms. The fourth-order valence-corrected chi connectivity index (χ4v) is 2.52. The van der Waals surface area contributed by atoms with Crippen LogP contribution in [0.5, 0.6) is 0 Å². The van der Waals surface area contributed by atoms with Crippen molar-refractivity contribution in [1.82, 2.24) is 29.8 Å². The molecule has 2 rings (SSSR count). The standard InChI is InChI=1S/C18H28N6O2/c1-22(2)11-7-9-19-18(26)16-21-15(14-8-5-6-12-24(14)16)17(25)20-10-13-23(3)4/h5-6,8,12H,7,9-11,13H2,1-4H3,(H,19,26)(H,20,25). The van der Waals surface area contributed by atoms with Crippen LogP contribution in [0.25, 0.3) is 5.52 Å². The molecule has 0 atom stereocenters. The molecule has 0 aliphatic rings. The van der Waals surface area contributed by atoms with E-state index in [2.05, 4.69) is 20.5 Å². The van der Waals surface area contributed by atoms with Gasteiger partial charge in [-0.25, -0.2) is 4.98 Å². The zero-order valence-electron chi connectivity index (χ0n) is 16.0. The summed E-state index contributed by atoms with van der Waals surface area (Å²) < 4.78 is 1.65. The zero-order valence-corrected chi connectivity index (χ0v) is 16.0. The van der Waals surface area contributed by atoms with Crippen LogP contribution in [0.1, 0.15) is 27.5 Å². The number of pyridine rings is 1. The average Bonchev–Trinajstić information content (AvgIpc) is 2.98. The number of likely N-dealkylation sites (N-methyl/N-ethyl adjacent to an activating group) is 1. The van der Waals surface area contributed by atoms with Crippen LogP contribution in [0.3, 0.4) is 0 Å². The van der Waals surface area contributed by atoms with Gasteiger partial charge in [0, 0.05) is 25.8 Å². The van der Waals surface area contributed by atoms with Crippen molar-refractivity contribution in [1.29, 1.82) is 0 Å². The molecule has 0 fully saturated rings. The quantitative estimate of drug-likeness (QED) is 0.629. The second-order valence-corrected chi connectivity index (χ2v) is 6.71. The van der Waals surface area contributed by atoms with Crippen LogP contribution in [0.15, 0.2) is 24.4 Å². The first-order valence-electron chi connectivity index (χ1n) is 8.73. The number of aromatic nitrogens is 2. The van der Waals surface area contributed by atoms with Crippen molar-refractivity contribution < 1.29 is 9.59 Å². The number of nitrogens with one attached hydrogen (secondary N) is 2. The molecular formula is C18H28N6O2. The predicted octanol–water partition coefficient (Wildman–Crippen LogP) is 0.307. The predicted molar refractivity (Wildman–Crippen MR) is 102 cm³/mol. The normalized spacial score (nSPS) is 11.3. The molecule has 2 heterocycles. The van der Waals surface area contributed by atoms with Gasteiger partial charge >= 0.3 is 0 Å². The molecule has 0 bridgehead atoms. The Morgan fingerprint density at radius 2 is 1.69 bits per heavy atom. The molecule has 8 nitrogen and oxygen atoms in total. The van der Waals surface area contributed by atoms with E-state index in [1.807, 2.05) is 45.2 Å². The average molecular weight is 360 g/mol. The van der Waals surface area contributed by atoms with Gasteiger partial charge < -0.3 is 20.4 Å². The lowest BCUT2D eigenvalue weighted by Crippen LogP contribution is -2.32. The topological polar surface area (TPSA) is 82.0 Å². The van der Waals surface area contributed by atoms with Crippen molar-refractivity contribution in [2.45, 2.75) is 6.42 Å². The van der Waals surface area contributed by atoms with Gasteiger partial charge in [0.15, 0.2) is 5.69 Å². The molecule has 2 aromatic heterocycles.